The first kappa shape index (κ1) is 16.3. The summed E-state index contributed by atoms with van der Waals surface area (Å²) < 4.78 is 0. The Labute approximate surface area is 89.3 Å². The van der Waals surface area contributed by atoms with E-state index in [0.717, 1.165) is 12.8 Å². The van der Waals surface area contributed by atoms with Gasteiger partial charge in [-0.15, -0.1) is 0 Å². The minimum absolute atomic E-state index is 0.0694. The highest BCUT2D eigenvalue weighted by Gasteiger charge is 2.08. The lowest BCUT2D eigenvalue weighted by Crippen LogP contribution is -2.29. The number of aliphatic carboxylic acids is 2. The molecule has 0 heterocycles. The van der Waals surface area contributed by atoms with Crippen LogP contribution in [-0.4, -0.2) is 34.7 Å². The number of carbonyl (C=O) groups is 2. The van der Waals surface area contributed by atoms with E-state index in [1.165, 1.54) is 0 Å². The molecule has 15 heavy (non-hydrogen) atoms. The molecule has 0 spiro atoms. The maximum atomic E-state index is 10.1. The number of hydrogen-bond acceptors (Lipinski definition) is 4. The summed E-state index contributed by atoms with van der Waals surface area (Å²) in [7, 11) is 0. The van der Waals surface area contributed by atoms with Crippen molar-refractivity contribution in [1.29, 1.82) is 0 Å². The van der Waals surface area contributed by atoms with Gasteiger partial charge in [-0.3, -0.25) is 9.59 Å². The van der Waals surface area contributed by atoms with E-state index in [-0.39, 0.29) is 13.0 Å². The van der Waals surface area contributed by atoms with Gasteiger partial charge in [-0.25, -0.2) is 0 Å². The van der Waals surface area contributed by atoms with Crippen LogP contribution in [0.1, 0.15) is 32.6 Å². The molecule has 0 aromatic heterocycles. The molecule has 0 saturated heterocycles. The molecule has 0 rings (SSSR count). The van der Waals surface area contributed by atoms with Crippen molar-refractivity contribution < 1.29 is 19.8 Å². The third-order valence-corrected chi connectivity index (χ3v) is 1.54. The minimum Gasteiger partial charge on any atom is -0.481 e. The zero-order chi connectivity index (χ0) is 12.3. The molecule has 0 bridgehead atoms. The highest BCUT2D eigenvalue weighted by molar-refractivity contribution is 5.72. The Morgan fingerprint density at radius 1 is 1.33 bits per heavy atom. The Morgan fingerprint density at radius 3 is 2.07 bits per heavy atom. The molecule has 0 radical (unpaired) electrons. The van der Waals surface area contributed by atoms with E-state index < -0.39 is 18.0 Å². The lowest BCUT2D eigenvalue weighted by atomic mass is 10.1. The Bertz CT molecular complexity index is 185. The largest absolute Gasteiger partial charge is 0.481 e. The zero-order valence-electron chi connectivity index (χ0n) is 8.98. The summed E-state index contributed by atoms with van der Waals surface area (Å²) in [5, 5.41) is 16.1. The van der Waals surface area contributed by atoms with Gasteiger partial charge in [0.1, 0.15) is 6.04 Å². The van der Waals surface area contributed by atoms with Gasteiger partial charge in [0.25, 0.3) is 0 Å². The number of unbranched alkanes of at least 4 members (excludes halogenated alkanes) is 1. The van der Waals surface area contributed by atoms with E-state index in [9.17, 15) is 9.59 Å². The van der Waals surface area contributed by atoms with Crippen LogP contribution in [0.3, 0.4) is 0 Å². The number of rotatable bonds is 6. The van der Waals surface area contributed by atoms with E-state index in [2.05, 4.69) is 0 Å². The lowest BCUT2D eigenvalue weighted by Gasteiger charge is -2.02. The highest BCUT2D eigenvalue weighted by atomic mass is 16.4. The first-order chi connectivity index (χ1) is 6.95. The van der Waals surface area contributed by atoms with Gasteiger partial charge in [-0.2, -0.15) is 0 Å². The quantitative estimate of drug-likeness (QED) is 0.499. The Kier molecular flexibility index (Phi) is 11.9. The molecule has 6 N–H and O–H groups in total. The minimum atomic E-state index is -0.900. The average molecular weight is 220 g/mol. The maximum absolute atomic E-state index is 10.1. The molecule has 0 amide bonds. The van der Waals surface area contributed by atoms with Crippen molar-refractivity contribution in [3.8, 4) is 0 Å². The SMILES string of the molecule is CCCCC(N)C(=O)O.NCCC(=O)O. The second-order valence-corrected chi connectivity index (χ2v) is 3.02. The Balaban J connectivity index is 0. The summed E-state index contributed by atoms with van der Waals surface area (Å²) in [4.78, 5) is 19.6. The third-order valence-electron chi connectivity index (χ3n) is 1.54. The van der Waals surface area contributed by atoms with Crippen molar-refractivity contribution in [2.24, 2.45) is 11.5 Å². The van der Waals surface area contributed by atoms with Crippen LogP contribution in [0.15, 0.2) is 0 Å². The molecule has 0 saturated carbocycles. The van der Waals surface area contributed by atoms with Gasteiger partial charge in [0.05, 0.1) is 6.42 Å². The van der Waals surface area contributed by atoms with Gasteiger partial charge in [0.15, 0.2) is 0 Å². The van der Waals surface area contributed by atoms with Crippen LogP contribution in [0.25, 0.3) is 0 Å². The fraction of sp³-hybridized carbons (Fsp3) is 0.778. The monoisotopic (exact) mass is 220 g/mol. The number of nitrogens with two attached hydrogens (primary N) is 2. The Hall–Kier alpha value is -1.14. The normalized spacial score (nSPS) is 11.1. The summed E-state index contributed by atoms with van der Waals surface area (Å²) in [5.41, 5.74) is 10.1. The summed E-state index contributed by atoms with van der Waals surface area (Å²) in [6.07, 6.45) is 2.56. The van der Waals surface area contributed by atoms with Gasteiger partial charge in [0, 0.05) is 6.54 Å². The topological polar surface area (TPSA) is 127 Å². The number of carboxylic acid groups (broad SMARTS) is 2. The van der Waals surface area contributed by atoms with Crippen LogP contribution in [-0.2, 0) is 9.59 Å². The van der Waals surface area contributed by atoms with Crippen LogP contribution in [0.2, 0.25) is 0 Å². The standard InChI is InChI=1S/C6H13NO2.C3H7NO2/c1-2-3-4-5(7)6(8)9;4-2-1-3(5)6/h5H,2-4,7H2,1H3,(H,8,9);1-2,4H2,(H,5,6). The van der Waals surface area contributed by atoms with Crippen molar-refractivity contribution in [1.82, 2.24) is 0 Å². The summed E-state index contributed by atoms with van der Waals surface area (Å²) in [6.45, 7) is 2.24. The first-order valence-corrected chi connectivity index (χ1v) is 4.85. The zero-order valence-corrected chi connectivity index (χ0v) is 8.98. The van der Waals surface area contributed by atoms with Crippen molar-refractivity contribution in [2.45, 2.75) is 38.6 Å². The molecule has 6 heteroatoms. The summed E-state index contributed by atoms with van der Waals surface area (Å²) in [5.74, 6) is -1.74. The Morgan fingerprint density at radius 2 is 1.87 bits per heavy atom. The smallest absolute Gasteiger partial charge is 0.320 e. The molecular formula is C9H20N2O4. The van der Waals surface area contributed by atoms with Crippen molar-refractivity contribution in [2.75, 3.05) is 6.54 Å². The molecule has 6 nitrogen and oxygen atoms in total. The molecule has 90 valence electrons. The molecule has 1 atom stereocenters. The lowest BCUT2D eigenvalue weighted by molar-refractivity contribution is -0.139. The van der Waals surface area contributed by atoms with Crippen LogP contribution >= 0.6 is 0 Å². The molecule has 0 aliphatic heterocycles. The molecule has 0 fully saturated rings. The molecule has 0 aromatic rings. The highest BCUT2D eigenvalue weighted by Crippen LogP contribution is 1.96. The van der Waals surface area contributed by atoms with E-state index in [4.69, 9.17) is 21.7 Å². The molecule has 1 unspecified atom stereocenters. The molecule has 0 aromatic carbocycles. The molecule has 0 aliphatic rings. The van der Waals surface area contributed by atoms with Gasteiger partial charge in [-0.05, 0) is 6.42 Å². The first-order valence-electron chi connectivity index (χ1n) is 4.85. The predicted molar refractivity (Wildman–Crippen MR) is 56.4 cm³/mol. The van der Waals surface area contributed by atoms with Crippen LogP contribution in [0.4, 0.5) is 0 Å². The van der Waals surface area contributed by atoms with Crippen LogP contribution < -0.4 is 11.5 Å². The molecular weight excluding hydrogens is 200 g/mol. The van der Waals surface area contributed by atoms with Gasteiger partial charge < -0.3 is 21.7 Å². The van der Waals surface area contributed by atoms with Crippen LogP contribution in [0.5, 0.6) is 0 Å². The number of hydrogen-bond donors (Lipinski definition) is 4. The summed E-state index contributed by atoms with van der Waals surface area (Å²) >= 11 is 0. The summed E-state index contributed by atoms with van der Waals surface area (Å²) in [6, 6.07) is -0.662. The third kappa shape index (κ3) is 15.6. The van der Waals surface area contributed by atoms with Crippen molar-refractivity contribution >= 4 is 11.9 Å². The molecule has 0 aliphatic carbocycles. The van der Waals surface area contributed by atoms with E-state index in [0.29, 0.717) is 6.42 Å². The van der Waals surface area contributed by atoms with Gasteiger partial charge in [0.2, 0.25) is 0 Å². The van der Waals surface area contributed by atoms with E-state index >= 15 is 0 Å². The number of carboxylic acids is 2. The maximum Gasteiger partial charge on any atom is 0.320 e. The van der Waals surface area contributed by atoms with Gasteiger partial charge >= 0.3 is 11.9 Å². The second-order valence-electron chi connectivity index (χ2n) is 3.02. The fourth-order valence-corrected chi connectivity index (χ4v) is 0.671. The predicted octanol–water partition coefficient (Wildman–Crippen LogP) is 0.00830. The van der Waals surface area contributed by atoms with E-state index in [1.807, 2.05) is 6.92 Å². The fourth-order valence-electron chi connectivity index (χ4n) is 0.671. The van der Waals surface area contributed by atoms with Gasteiger partial charge in [-0.1, -0.05) is 19.8 Å². The van der Waals surface area contributed by atoms with Crippen molar-refractivity contribution in [3.63, 3.8) is 0 Å². The second kappa shape index (κ2) is 10.9. The van der Waals surface area contributed by atoms with E-state index in [1.54, 1.807) is 0 Å². The average Bonchev–Trinajstić information content (AvgIpc) is 2.14. The van der Waals surface area contributed by atoms with Crippen LogP contribution in [0, 0.1) is 0 Å². The van der Waals surface area contributed by atoms with Crippen molar-refractivity contribution in [3.05, 3.63) is 0 Å².